The van der Waals surface area contributed by atoms with Crippen molar-refractivity contribution in [1.82, 2.24) is 15.1 Å². The van der Waals surface area contributed by atoms with Crippen LogP contribution in [-0.2, 0) is 6.54 Å². The van der Waals surface area contributed by atoms with Gasteiger partial charge in [-0.25, -0.2) is 0 Å². The second kappa shape index (κ2) is 4.75. The minimum Gasteiger partial charge on any atom is -0.311 e. The van der Waals surface area contributed by atoms with Crippen LogP contribution in [0.4, 0.5) is 0 Å². The first-order chi connectivity index (χ1) is 7.42. The monoisotopic (exact) mass is 201 g/mol. The molecule has 15 heavy (non-hydrogen) atoms. The Morgan fingerprint density at radius 2 is 2.27 bits per heavy atom. The van der Waals surface area contributed by atoms with Crippen molar-refractivity contribution in [3.63, 3.8) is 0 Å². The topological polar surface area (TPSA) is 29.9 Å². The number of benzene rings is 1. The van der Waals surface area contributed by atoms with Crippen LogP contribution in [0.2, 0.25) is 0 Å². The van der Waals surface area contributed by atoms with Crippen molar-refractivity contribution in [3.8, 4) is 0 Å². The van der Waals surface area contributed by atoms with E-state index < -0.39 is 0 Å². The molecule has 0 radical (unpaired) electrons. The molecule has 1 heterocycles. The van der Waals surface area contributed by atoms with Gasteiger partial charge >= 0.3 is 0 Å². The molecule has 0 spiro atoms. The summed E-state index contributed by atoms with van der Waals surface area (Å²) >= 11 is 0. The SMILES string of the molecule is C=CCNCCn1ncc2ccccc21. The predicted molar refractivity (Wildman–Crippen MR) is 62.8 cm³/mol. The third-order valence-electron chi connectivity index (χ3n) is 2.34. The van der Waals surface area contributed by atoms with Crippen LogP contribution in [0, 0.1) is 0 Å². The molecule has 0 aliphatic rings. The molecule has 0 atom stereocenters. The van der Waals surface area contributed by atoms with Crippen molar-refractivity contribution >= 4 is 10.9 Å². The van der Waals surface area contributed by atoms with Crippen molar-refractivity contribution in [3.05, 3.63) is 43.1 Å². The summed E-state index contributed by atoms with van der Waals surface area (Å²) in [4.78, 5) is 0. The van der Waals surface area contributed by atoms with E-state index in [-0.39, 0.29) is 0 Å². The lowest BCUT2D eigenvalue weighted by Gasteiger charge is -2.03. The second-order valence-electron chi connectivity index (χ2n) is 3.42. The largest absolute Gasteiger partial charge is 0.311 e. The molecule has 0 saturated carbocycles. The van der Waals surface area contributed by atoms with Crippen LogP contribution in [-0.4, -0.2) is 22.9 Å². The third-order valence-corrected chi connectivity index (χ3v) is 2.34. The highest BCUT2D eigenvalue weighted by atomic mass is 15.3. The zero-order valence-electron chi connectivity index (χ0n) is 8.69. The maximum atomic E-state index is 4.34. The Bertz CT molecular complexity index is 445. The smallest absolute Gasteiger partial charge is 0.0682 e. The van der Waals surface area contributed by atoms with Gasteiger partial charge in [-0.2, -0.15) is 5.10 Å². The maximum Gasteiger partial charge on any atom is 0.0682 e. The molecule has 1 aromatic carbocycles. The Morgan fingerprint density at radius 3 is 3.13 bits per heavy atom. The van der Waals surface area contributed by atoms with Crippen molar-refractivity contribution < 1.29 is 0 Å². The molecular formula is C12H15N3. The fourth-order valence-electron chi connectivity index (χ4n) is 1.59. The van der Waals surface area contributed by atoms with Crippen LogP contribution >= 0.6 is 0 Å². The first kappa shape index (κ1) is 9.93. The maximum absolute atomic E-state index is 4.34. The zero-order chi connectivity index (χ0) is 10.5. The summed E-state index contributed by atoms with van der Waals surface area (Å²) < 4.78 is 2.02. The van der Waals surface area contributed by atoms with Crippen LogP contribution in [0.1, 0.15) is 0 Å². The van der Waals surface area contributed by atoms with E-state index in [1.807, 2.05) is 29.1 Å². The average molecular weight is 201 g/mol. The first-order valence-electron chi connectivity index (χ1n) is 5.14. The average Bonchev–Trinajstić information content (AvgIpc) is 2.68. The fourth-order valence-corrected chi connectivity index (χ4v) is 1.59. The first-order valence-corrected chi connectivity index (χ1v) is 5.14. The van der Waals surface area contributed by atoms with Crippen LogP contribution in [0.3, 0.4) is 0 Å². The minimum absolute atomic E-state index is 0.846. The van der Waals surface area contributed by atoms with Gasteiger partial charge in [-0.3, -0.25) is 4.68 Å². The number of nitrogens with zero attached hydrogens (tertiary/aromatic N) is 2. The fraction of sp³-hybridized carbons (Fsp3) is 0.250. The highest BCUT2D eigenvalue weighted by Crippen LogP contribution is 2.11. The number of rotatable bonds is 5. The van der Waals surface area contributed by atoms with Crippen LogP contribution < -0.4 is 5.32 Å². The van der Waals surface area contributed by atoms with E-state index in [9.17, 15) is 0 Å². The van der Waals surface area contributed by atoms with Gasteiger partial charge in [0, 0.05) is 18.5 Å². The molecular weight excluding hydrogens is 186 g/mol. The molecule has 0 aliphatic heterocycles. The van der Waals surface area contributed by atoms with Crippen molar-refractivity contribution in [2.75, 3.05) is 13.1 Å². The van der Waals surface area contributed by atoms with E-state index >= 15 is 0 Å². The summed E-state index contributed by atoms with van der Waals surface area (Å²) in [6, 6.07) is 8.24. The molecule has 0 unspecified atom stereocenters. The van der Waals surface area contributed by atoms with E-state index in [2.05, 4.69) is 29.1 Å². The molecule has 0 bridgehead atoms. The Morgan fingerprint density at radius 1 is 1.40 bits per heavy atom. The lowest BCUT2D eigenvalue weighted by atomic mass is 10.3. The minimum atomic E-state index is 0.846. The standard InChI is InChI=1S/C12H15N3/c1-2-7-13-8-9-15-12-6-4-3-5-11(12)10-14-15/h2-6,10,13H,1,7-9H2. The summed E-state index contributed by atoms with van der Waals surface area (Å²) in [5, 5.41) is 8.80. The van der Waals surface area contributed by atoms with Gasteiger partial charge < -0.3 is 5.32 Å². The number of hydrogen-bond acceptors (Lipinski definition) is 2. The molecule has 0 saturated heterocycles. The number of para-hydroxylation sites is 1. The Kier molecular flexibility index (Phi) is 3.15. The molecule has 3 nitrogen and oxygen atoms in total. The molecule has 3 heteroatoms. The highest BCUT2D eigenvalue weighted by molar-refractivity contribution is 5.78. The lowest BCUT2D eigenvalue weighted by molar-refractivity contribution is 0.588. The van der Waals surface area contributed by atoms with Crippen LogP contribution in [0.15, 0.2) is 43.1 Å². The second-order valence-corrected chi connectivity index (χ2v) is 3.42. The summed E-state index contributed by atoms with van der Waals surface area (Å²) in [7, 11) is 0. The van der Waals surface area contributed by atoms with Crippen LogP contribution in [0.25, 0.3) is 10.9 Å². The molecule has 0 aliphatic carbocycles. The van der Waals surface area contributed by atoms with Gasteiger partial charge in [0.25, 0.3) is 0 Å². The molecule has 78 valence electrons. The molecule has 1 N–H and O–H groups in total. The number of fused-ring (bicyclic) bond motifs is 1. The summed E-state index contributed by atoms with van der Waals surface area (Å²) in [6.07, 6.45) is 3.77. The van der Waals surface area contributed by atoms with Gasteiger partial charge in [-0.05, 0) is 6.07 Å². The van der Waals surface area contributed by atoms with E-state index in [4.69, 9.17) is 0 Å². The summed E-state index contributed by atoms with van der Waals surface area (Å²) in [5.41, 5.74) is 1.19. The van der Waals surface area contributed by atoms with Crippen molar-refractivity contribution in [2.45, 2.75) is 6.54 Å². The quantitative estimate of drug-likeness (QED) is 0.590. The normalized spacial score (nSPS) is 10.7. The van der Waals surface area contributed by atoms with Gasteiger partial charge in [0.15, 0.2) is 0 Å². The van der Waals surface area contributed by atoms with Crippen molar-refractivity contribution in [2.24, 2.45) is 0 Å². The predicted octanol–water partition coefficient (Wildman–Crippen LogP) is 1.81. The third kappa shape index (κ3) is 2.25. The number of nitrogens with one attached hydrogen (secondary N) is 1. The van der Waals surface area contributed by atoms with Gasteiger partial charge in [0.2, 0.25) is 0 Å². The van der Waals surface area contributed by atoms with Gasteiger partial charge in [-0.15, -0.1) is 6.58 Å². The number of hydrogen-bond donors (Lipinski definition) is 1. The number of aromatic nitrogens is 2. The molecule has 0 fully saturated rings. The van der Waals surface area contributed by atoms with E-state index in [0.717, 1.165) is 19.6 Å². The molecule has 0 amide bonds. The highest BCUT2D eigenvalue weighted by Gasteiger charge is 1.99. The van der Waals surface area contributed by atoms with Gasteiger partial charge in [0.05, 0.1) is 18.3 Å². The Labute approximate surface area is 89.4 Å². The molecule has 1 aromatic heterocycles. The molecule has 2 aromatic rings. The summed E-state index contributed by atoms with van der Waals surface area (Å²) in [5.74, 6) is 0. The molecule has 2 rings (SSSR count). The van der Waals surface area contributed by atoms with E-state index in [1.165, 1.54) is 10.9 Å². The Hall–Kier alpha value is -1.61. The summed E-state index contributed by atoms with van der Waals surface area (Å²) in [6.45, 7) is 6.31. The van der Waals surface area contributed by atoms with Gasteiger partial charge in [0.1, 0.15) is 0 Å². The van der Waals surface area contributed by atoms with Crippen LogP contribution in [0.5, 0.6) is 0 Å². The van der Waals surface area contributed by atoms with E-state index in [1.54, 1.807) is 0 Å². The van der Waals surface area contributed by atoms with E-state index in [0.29, 0.717) is 0 Å². The lowest BCUT2D eigenvalue weighted by Crippen LogP contribution is -2.20. The Balaban J connectivity index is 2.05. The zero-order valence-corrected chi connectivity index (χ0v) is 8.69. The van der Waals surface area contributed by atoms with Gasteiger partial charge in [-0.1, -0.05) is 24.3 Å². The van der Waals surface area contributed by atoms with Crippen molar-refractivity contribution in [1.29, 1.82) is 0 Å².